The van der Waals surface area contributed by atoms with Gasteiger partial charge in [0.2, 0.25) is 0 Å². The van der Waals surface area contributed by atoms with Crippen LogP contribution in [0.25, 0.3) is 75.8 Å². The van der Waals surface area contributed by atoms with Gasteiger partial charge in [-0.3, -0.25) is 0 Å². The van der Waals surface area contributed by atoms with Crippen molar-refractivity contribution in [3.05, 3.63) is 227 Å². The van der Waals surface area contributed by atoms with Gasteiger partial charge < -0.3 is 9.88 Å². The summed E-state index contributed by atoms with van der Waals surface area (Å²) in [5, 5.41) is 12.6. The number of hydrogen-bond donors (Lipinski definition) is 1. The van der Waals surface area contributed by atoms with Crippen LogP contribution in [0.2, 0.25) is 0 Å². The minimum absolute atomic E-state index is 0.0182. The number of allylic oxidation sites excluding steroid dienone is 3. The fourth-order valence-corrected chi connectivity index (χ4v) is 11.0. The highest BCUT2D eigenvalue weighted by atomic mass is 32.1. The van der Waals surface area contributed by atoms with Crippen LogP contribution in [0.5, 0.6) is 0 Å². The molecule has 1 aliphatic heterocycles. The third kappa shape index (κ3) is 5.45. The van der Waals surface area contributed by atoms with Crippen molar-refractivity contribution in [2.75, 3.05) is 0 Å². The second-order valence-corrected chi connectivity index (χ2v) is 17.2. The van der Waals surface area contributed by atoms with Crippen LogP contribution in [-0.2, 0) is 6.42 Å². The molecular formula is C56H39N3S. The molecule has 0 saturated carbocycles. The molecule has 1 aliphatic carbocycles. The summed E-state index contributed by atoms with van der Waals surface area (Å²) in [7, 11) is 0. The SMILES string of the molecule is C=C1C=C(C2=C(C)C(c3ccccc3)NC(c3ccccc3)=N2)c2c(sc3ccc(-c4ccc5c(c4)c4ccccc4n5-c4cc5ccccc5c5ccccc45)cc23)C1. The lowest BCUT2D eigenvalue weighted by molar-refractivity contribution is 0.720. The molecule has 0 saturated heterocycles. The second-order valence-electron chi connectivity index (χ2n) is 16.1. The van der Waals surface area contributed by atoms with Gasteiger partial charge in [-0.25, -0.2) is 4.99 Å². The lowest BCUT2D eigenvalue weighted by atomic mass is 9.85. The van der Waals surface area contributed by atoms with Crippen molar-refractivity contribution in [1.29, 1.82) is 0 Å². The third-order valence-corrected chi connectivity index (χ3v) is 13.7. The number of rotatable bonds is 5. The summed E-state index contributed by atoms with van der Waals surface area (Å²) >= 11 is 1.89. The van der Waals surface area contributed by atoms with Crippen LogP contribution in [0, 0.1) is 0 Å². The Morgan fingerprint density at radius 2 is 1.25 bits per heavy atom. The number of hydrogen-bond acceptors (Lipinski definition) is 3. The van der Waals surface area contributed by atoms with Gasteiger partial charge in [-0.15, -0.1) is 11.3 Å². The highest BCUT2D eigenvalue weighted by molar-refractivity contribution is 7.19. The molecule has 0 spiro atoms. The summed E-state index contributed by atoms with van der Waals surface area (Å²) in [6.07, 6.45) is 3.13. The summed E-state index contributed by atoms with van der Waals surface area (Å²) in [6, 6.07) is 64.0. The molecule has 10 aromatic rings. The fourth-order valence-electron chi connectivity index (χ4n) is 9.71. The zero-order valence-electron chi connectivity index (χ0n) is 33.1. The lowest BCUT2D eigenvalue weighted by Gasteiger charge is -2.30. The Bertz CT molecular complexity index is 3510. The fraction of sp³-hybridized carbons (Fsp3) is 0.0536. The van der Waals surface area contributed by atoms with Gasteiger partial charge in [0, 0.05) is 54.2 Å². The van der Waals surface area contributed by atoms with Crippen LogP contribution in [0.15, 0.2) is 210 Å². The van der Waals surface area contributed by atoms with Crippen molar-refractivity contribution in [2.45, 2.75) is 19.4 Å². The minimum atomic E-state index is -0.0182. The van der Waals surface area contributed by atoms with Crippen LogP contribution < -0.4 is 5.32 Å². The van der Waals surface area contributed by atoms with Crippen LogP contribution in [0.4, 0.5) is 0 Å². The van der Waals surface area contributed by atoms with Crippen molar-refractivity contribution in [3.8, 4) is 16.8 Å². The van der Waals surface area contributed by atoms with Gasteiger partial charge in [-0.2, -0.15) is 0 Å². The maximum Gasteiger partial charge on any atom is 0.134 e. The second kappa shape index (κ2) is 13.7. The van der Waals surface area contributed by atoms with Gasteiger partial charge >= 0.3 is 0 Å². The molecule has 1 N–H and O–H groups in total. The smallest absolute Gasteiger partial charge is 0.134 e. The normalized spacial score (nSPS) is 15.5. The van der Waals surface area contributed by atoms with Crippen molar-refractivity contribution in [1.82, 2.24) is 9.88 Å². The van der Waals surface area contributed by atoms with E-state index < -0.39 is 0 Å². The first-order chi connectivity index (χ1) is 29.6. The van der Waals surface area contributed by atoms with E-state index >= 15 is 0 Å². The zero-order chi connectivity index (χ0) is 39.9. The first-order valence-electron chi connectivity index (χ1n) is 20.6. The number of nitrogens with one attached hydrogen (secondary N) is 1. The Kier molecular flexibility index (Phi) is 7.91. The molecule has 284 valence electrons. The van der Waals surface area contributed by atoms with E-state index in [9.17, 15) is 0 Å². The average molecular weight is 786 g/mol. The van der Waals surface area contributed by atoms with Crippen molar-refractivity contribution >= 4 is 76.2 Å². The summed E-state index contributed by atoms with van der Waals surface area (Å²) in [5.74, 6) is 0.882. The van der Waals surface area contributed by atoms with E-state index in [4.69, 9.17) is 4.99 Å². The zero-order valence-corrected chi connectivity index (χ0v) is 33.9. The monoisotopic (exact) mass is 785 g/mol. The van der Waals surface area contributed by atoms with E-state index in [1.807, 2.05) is 11.3 Å². The molecule has 3 nitrogen and oxygen atoms in total. The highest BCUT2D eigenvalue weighted by Gasteiger charge is 2.30. The molecule has 3 heterocycles. The predicted molar refractivity (Wildman–Crippen MR) is 255 cm³/mol. The number of aromatic nitrogens is 1. The van der Waals surface area contributed by atoms with E-state index in [0.29, 0.717) is 0 Å². The number of fused-ring (bicyclic) bond motifs is 9. The van der Waals surface area contributed by atoms with Gasteiger partial charge in [-0.05, 0) is 93.4 Å². The van der Waals surface area contributed by atoms with E-state index in [2.05, 4.69) is 205 Å². The molecule has 1 atom stereocenters. The molecule has 2 aliphatic rings. The third-order valence-electron chi connectivity index (χ3n) is 12.5. The maximum atomic E-state index is 5.44. The van der Waals surface area contributed by atoms with Gasteiger partial charge in [0.05, 0.1) is 28.5 Å². The molecule has 12 rings (SSSR count). The van der Waals surface area contributed by atoms with E-state index in [1.54, 1.807) is 0 Å². The first kappa shape index (κ1) is 34.7. The van der Waals surface area contributed by atoms with Crippen molar-refractivity contribution in [3.63, 3.8) is 0 Å². The van der Waals surface area contributed by atoms with E-state index in [-0.39, 0.29) is 6.04 Å². The molecule has 0 radical (unpaired) electrons. The number of aliphatic imine (C=N–C) groups is 1. The molecule has 0 fully saturated rings. The number of benzene rings is 8. The molecular weight excluding hydrogens is 747 g/mol. The number of para-hydroxylation sites is 1. The summed E-state index contributed by atoms with van der Waals surface area (Å²) in [6.45, 7) is 6.76. The predicted octanol–water partition coefficient (Wildman–Crippen LogP) is 14.5. The van der Waals surface area contributed by atoms with Crippen LogP contribution >= 0.6 is 11.3 Å². The Hall–Kier alpha value is -7.27. The topological polar surface area (TPSA) is 29.3 Å². The molecule has 2 aromatic heterocycles. The van der Waals surface area contributed by atoms with Gasteiger partial charge in [0.15, 0.2) is 0 Å². The number of thiophene rings is 1. The molecule has 8 aromatic carbocycles. The number of nitrogens with zero attached hydrogens (tertiary/aromatic N) is 2. The van der Waals surface area contributed by atoms with Crippen LogP contribution in [0.3, 0.4) is 0 Å². The summed E-state index contributed by atoms with van der Waals surface area (Å²) < 4.78 is 3.75. The Morgan fingerprint density at radius 1 is 0.600 bits per heavy atom. The molecule has 0 bridgehead atoms. The average Bonchev–Trinajstić information content (AvgIpc) is 3.84. The largest absolute Gasteiger partial charge is 0.359 e. The lowest BCUT2D eigenvalue weighted by Crippen LogP contribution is -2.34. The summed E-state index contributed by atoms with van der Waals surface area (Å²) in [4.78, 5) is 6.78. The van der Waals surface area contributed by atoms with E-state index in [1.165, 1.54) is 91.8 Å². The minimum Gasteiger partial charge on any atom is -0.359 e. The quantitative estimate of drug-likeness (QED) is 0.173. The van der Waals surface area contributed by atoms with Gasteiger partial charge in [-0.1, -0.05) is 146 Å². The van der Waals surface area contributed by atoms with E-state index in [0.717, 1.165) is 34.7 Å². The van der Waals surface area contributed by atoms with Crippen LogP contribution in [0.1, 0.15) is 34.5 Å². The summed E-state index contributed by atoms with van der Waals surface area (Å²) in [5.41, 5.74) is 14.1. The van der Waals surface area contributed by atoms with Crippen molar-refractivity contribution < 1.29 is 0 Å². The number of amidine groups is 1. The molecule has 0 amide bonds. The maximum absolute atomic E-state index is 5.44. The molecule has 1 unspecified atom stereocenters. The van der Waals surface area contributed by atoms with Crippen molar-refractivity contribution in [2.24, 2.45) is 4.99 Å². The molecule has 60 heavy (non-hydrogen) atoms. The first-order valence-corrected chi connectivity index (χ1v) is 21.5. The van der Waals surface area contributed by atoms with Gasteiger partial charge in [0.25, 0.3) is 0 Å². The Labute approximate surface area is 352 Å². The standard InChI is InChI=1S/C56H39N3S/c1-34-29-47(55-35(2)54(36-15-5-3-6-16-36)57-56(58-55)37-17-7-4-8-18-37)53-46-32-39(26-28-51(46)60-52(53)30-34)38-25-27-49-45(31-38)44-23-13-14-24-48(44)59(49)50-33-40-19-9-10-20-41(40)42-21-11-12-22-43(42)50/h3-29,31-33,54H,1,30H2,2H3,(H,57,58). The Balaban J connectivity index is 1.02. The Morgan fingerprint density at radius 3 is 2.07 bits per heavy atom. The molecule has 4 heteroatoms. The highest BCUT2D eigenvalue weighted by Crippen LogP contribution is 2.47. The van der Waals surface area contributed by atoms with Crippen LogP contribution in [-0.4, -0.2) is 10.4 Å². The van der Waals surface area contributed by atoms with Gasteiger partial charge in [0.1, 0.15) is 5.84 Å².